The number of nitrogens with one attached hydrogen (secondary N) is 1. The summed E-state index contributed by atoms with van der Waals surface area (Å²) in [6.45, 7) is 6.04. The standard InChI is InChI=1S/C18H20FN5O2/c1-18(2,3)10(7-14(25)26)6-12-4-5-20-17(22-12)15-13-8-11(19)9-21-16(13)24-23-15/h4-5,8-10H,6-7H2,1-3H3,(H,25,26)(H,21,23,24)/t10-/m1/s1. The number of aromatic amines is 1. The molecule has 0 radical (unpaired) electrons. The van der Waals surface area contributed by atoms with Gasteiger partial charge < -0.3 is 5.11 Å². The van der Waals surface area contributed by atoms with E-state index in [4.69, 9.17) is 0 Å². The lowest BCUT2D eigenvalue weighted by Gasteiger charge is -2.29. The number of aliphatic carboxylic acids is 1. The second-order valence-electron chi connectivity index (χ2n) is 7.36. The molecule has 0 saturated heterocycles. The molecule has 0 fully saturated rings. The van der Waals surface area contributed by atoms with E-state index in [9.17, 15) is 14.3 Å². The number of nitrogens with zero attached hydrogens (tertiary/aromatic N) is 4. The third-order valence-electron chi connectivity index (χ3n) is 4.41. The highest BCUT2D eigenvalue weighted by atomic mass is 19.1. The first kappa shape index (κ1) is 17.9. The van der Waals surface area contributed by atoms with Crippen LogP contribution in [0.1, 0.15) is 32.9 Å². The van der Waals surface area contributed by atoms with Crippen molar-refractivity contribution in [2.75, 3.05) is 0 Å². The molecule has 0 unspecified atom stereocenters. The summed E-state index contributed by atoms with van der Waals surface area (Å²) in [6.07, 6.45) is 3.27. The number of fused-ring (bicyclic) bond motifs is 1. The fourth-order valence-electron chi connectivity index (χ4n) is 2.82. The molecule has 1 atom stereocenters. The number of aromatic nitrogens is 5. The smallest absolute Gasteiger partial charge is 0.303 e. The molecule has 3 rings (SSSR count). The molecule has 2 N–H and O–H groups in total. The lowest BCUT2D eigenvalue weighted by Crippen LogP contribution is -2.26. The molecule has 0 bridgehead atoms. The van der Waals surface area contributed by atoms with E-state index >= 15 is 0 Å². The molecule has 8 heteroatoms. The van der Waals surface area contributed by atoms with Gasteiger partial charge in [-0.3, -0.25) is 9.89 Å². The molecule has 0 spiro atoms. The summed E-state index contributed by atoms with van der Waals surface area (Å²) in [6, 6.07) is 3.10. The summed E-state index contributed by atoms with van der Waals surface area (Å²) in [7, 11) is 0. The molecule has 0 aliphatic heterocycles. The Morgan fingerprint density at radius 2 is 2.12 bits per heavy atom. The first-order valence-electron chi connectivity index (χ1n) is 8.28. The number of carboxylic acid groups (broad SMARTS) is 1. The van der Waals surface area contributed by atoms with E-state index in [1.54, 1.807) is 12.3 Å². The van der Waals surface area contributed by atoms with Gasteiger partial charge in [0.25, 0.3) is 0 Å². The number of halogens is 1. The Kier molecular flexibility index (Phi) is 4.67. The van der Waals surface area contributed by atoms with Crippen LogP contribution < -0.4 is 0 Å². The fraction of sp³-hybridized carbons (Fsp3) is 0.389. The van der Waals surface area contributed by atoms with Gasteiger partial charge in [0.1, 0.15) is 11.5 Å². The van der Waals surface area contributed by atoms with Gasteiger partial charge in [-0.15, -0.1) is 0 Å². The van der Waals surface area contributed by atoms with Gasteiger partial charge in [0, 0.05) is 18.3 Å². The first-order valence-corrected chi connectivity index (χ1v) is 8.28. The quantitative estimate of drug-likeness (QED) is 0.726. The highest BCUT2D eigenvalue weighted by molar-refractivity contribution is 5.88. The molecule has 0 saturated carbocycles. The van der Waals surface area contributed by atoms with Crippen molar-refractivity contribution in [2.45, 2.75) is 33.6 Å². The van der Waals surface area contributed by atoms with Crippen LogP contribution in [0.3, 0.4) is 0 Å². The van der Waals surface area contributed by atoms with Gasteiger partial charge in [-0.2, -0.15) is 5.10 Å². The zero-order valence-corrected chi connectivity index (χ0v) is 14.8. The van der Waals surface area contributed by atoms with Gasteiger partial charge in [0.2, 0.25) is 0 Å². The van der Waals surface area contributed by atoms with E-state index in [1.807, 2.05) is 20.8 Å². The van der Waals surface area contributed by atoms with E-state index in [1.165, 1.54) is 6.07 Å². The maximum atomic E-state index is 13.5. The van der Waals surface area contributed by atoms with Crippen molar-refractivity contribution < 1.29 is 14.3 Å². The van der Waals surface area contributed by atoms with E-state index in [2.05, 4.69) is 25.1 Å². The minimum absolute atomic E-state index is 0.0605. The normalized spacial score (nSPS) is 13.1. The topological polar surface area (TPSA) is 105 Å². The van der Waals surface area contributed by atoms with Gasteiger partial charge in [0.05, 0.1) is 11.6 Å². The highest BCUT2D eigenvalue weighted by Gasteiger charge is 2.27. The molecule has 7 nitrogen and oxygen atoms in total. The average Bonchev–Trinajstić information content (AvgIpc) is 2.96. The summed E-state index contributed by atoms with van der Waals surface area (Å²) in [5.74, 6) is -1.01. The number of H-pyrrole nitrogens is 1. The summed E-state index contributed by atoms with van der Waals surface area (Å²) >= 11 is 0. The minimum Gasteiger partial charge on any atom is -0.481 e. The largest absolute Gasteiger partial charge is 0.481 e. The van der Waals surface area contributed by atoms with Crippen LogP contribution in [0.25, 0.3) is 22.6 Å². The molecule has 3 aromatic rings. The zero-order chi connectivity index (χ0) is 18.9. The summed E-state index contributed by atoms with van der Waals surface area (Å²) < 4.78 is 13.5. The Hall–Kier alpha value is -2.90. The molecular weight excluding hydrogens is 337 g/mol. The van der Waals surface area contributed by atoms with Crippen LogP contribution in [-0.2, 0) is 11.2 Å². The zero-order valence-electron chi connectivity index (χ0n) is 14.8. The van der Waals surface area contributed by atoms with Gasteiger partial charge >= 0.3 is 5.97 Å². The number of rotatable bonds is 5. The summed E-state index contributed by atoms with van der Waals surface area (Å²) in [5, 5.41) is 16.5. The van der Waals surface area contributed by atoms with Crippen LogP contribution in [-0.4, -0.2) is 36.2 Å². The van der Waals surface area contributed by atoms with E-state index < -0.39 is 11.8 Å². The van der Waals surface area contributed by atoms with Crippen LogP contribution in [0.4, 0.5) is 4.39 Å². The van der Waals surface area contributed by atoms with Gasteiger partial charge in [-0.1, -0.05) is 20.8 Å². The van der Waals surface area contributed by atoms with Gasteiger partial charge in [-0.05, 0) is 29.9 Å². The van der Waals surface area contributed by atoms with Crippen LogP contribution >= 0.6 is 0 Å². The second kappa shape index (κ2) is 6.78. The van der Waals surface area contributed by atoms with Crippen molar-refractivity contribution in [2.24, 2.45) is 11.3 Å². The van der Waals surface area contributed by atoms with Gasteiger partial charge in [0.15, 0.2) is 11.5 Å². The van der Waals surface area contributed by atoms with E-state index in [0.717, 1.165) is 11.9 Å². The Morgan fingerprint density at radius 3 is 2.81 bits per heavy atom. The molecular formula is C18H20FN5O2. The second-order valence-corrected chi connectivity index (χ2v) is 7.36. The Bertz CT molecular complexity index is 948. The maximum Gasteiger partial charge on any atom is 0.303 e. The van der Waals surface area contributed by atoms with Crippen LogP contribution in [0, 0.1) is 17.2 Å². The predicted molar refractivity (Wildman–Crippen MR) is 93.8 cm³/mol. The molecule has 136 valence electrons. The Balaban J connectivity index is 1.94. The Labute approximate surface area is 149 Å². The lowest BCUT2D eigenvalue weighted by atomic mass is 9.76. The molecule has 0 aliphatic rings. The monoisotopic (exact) mass is 357 g/mol. The molecule has 3 aromatic heterocycles. The molecule has 0 aromatic carbocycles. The first-order chi connectivity index (χ1) is 12.2. The predicted octanol–water partition coefficient (Wildman–Crippen LogP) is 3.23. The average molecular weight is 357 g/mol. The summed E-state index contributed by atoms with van der Waals surface area (Å²) in [4.78, 5) is 23.9. The fourth-order valence-corrected chi connectivity index (χ4v) is 2.82. The van der Waals surface area contributed by atoms with Crippen molar-refractivity contribution >= 4 is 17.0 Å². The number of hydrogen-bond donors (Lipinski definition) is 2. The van der Waals surface area contributed by atoms with Crippen LogP contribution in [0.5, 0.6) is 0 Å². The molecule has 0 amide bonds. The number of carbonyl (C=O) groups is 1. The van der Waals surface area contributed by atoms with Crippen molar-refractivity contribution in [3.63, 3.8) is 0 Å². The minimum atomic E-state index is -0.833. The molecule has 3 heterocycles. The maximum absolute atomic E-state index is 13.5. The van der Waals surface area contributed by atoms with Crippen molar-refractivity contribution in [3.8, 4) is 11.5 Å². The third kappa shape index (κ3) is 3.84. The van der Waals surface area contributed by atoms with Gasteiger partial charge in [-0.25, -0.2) is 19.3 Å². The highest BCUT2D eigenvalue weighted by Crippen LogP contribution is 2.32. The van der Waals surface area contributed by atoms with Crippen molar-refractivity contribution in [3.05, 3.63) is 36.0 Å². The summed E-state index contributed by atoms with van der Waals surface area (Å²) in [5.41, 5.74) is 1.41. The van der Waals surface area contributed by atoms with Crippen LogP contribution in [0.15, 0.2) is 24.5 Å². The molecule has 26 heavy (non-hydrogen) atoms. The number of pyridine rings is 1. The van der Waals surface area contributed by atoms with Crippen molar-refractivity contribution in [1.29, 1.82) is 0 Å². The number of carboxylic acids is 1. The SMILES string of the molecule is CC(C)(C)[C@@H](CC(=O)O)Cc1ccnc(-c2[nH]nc3ncc(F)cc23)n1. The van der Waals surface area contributed by atoms with E-state index in [0.29, 0.717) is 29.0 Å². The molecule has 0 aliphatic carbocycles. The lowest BCUT2D eigenvalue weighted by molar-refractivity contribution is -0.139. The number of hydrogen-bond acceptors (Lipinski definition) is 5. The van der Waals surface area contributed by atoms with Crippen LogP contribution in [0.2, 0.25) is 0 Å². The third-order valence-corrected chi connectivity index (χ3v) is 4.41. The van der Waals surface area contributed by atoms with Crippen molar-refractivity contribution in [1.82, 2.24) is 25.1 Å². The Morgan fingerprint density at radius 1 is 1.35 bits per heavy atom. The van der Waals surface area contributed by atoms with E-state index in [-0.39, 0.29) is 17.8 Å².